The summed E-state index contributed by atoms with van der Waals surface area (Å²) in [6, 6.07) is 0. The van der Waals surface area contributed by atoms with Crippen LogP contribution in [0.4, 0.5) is 0 Å². The maximum absolute atomic E-state index is 12.7. The van der Waals surface area contributed by atoms with Gasteiger partial charge in [-0.1, -0.05) is 181 Å². The van der Waals surface area contributed by atoms with Gasteiger partial charge in [-0.2, -0.15) is 0 Å². The van der Waals surface area contributed by atoms with Gasteiger partial charge in [-0.15, -0.1) is 0 Å². The molecule has 262 valence electrons. The Kier molecular flexibility index (Phi) is 35.9. The fourth-order valence-electron chi connectivity index (χ4n) is 6.40. The number of carbonyl (C=O) groups excluding carboxylic acids is 2. The molecule has 0 aromatic rings. The zero-order valence-electron chi connectivity index (χ0n) is 30.6. The summed E-state index contributed by atoms with van der Waals surface area (Å²) >= 11 is 0. The van der Waals surface area contributed by atoms with Crippen LogP contribution in [0.5, 0.6) is 0 Å². The molecule has 3 heteroatoms. The van der Waals surface area contributed by atoms with E-state index in [1.807, 2.05) is 0 Å². The molecule has 0 rings (SSSR count). The molecular formula is C41H80O3. The van der Waals surface area contributed by atoms with Crippen LogP contribution in [0.25, 0.3) is 0 Å². The molecule has 44 heavy (non-hydrogen) atoms. The predicted octanol–water partition coefficient (Wildman–Crippen LogP) is 14.2. The molecule has 0 saturated heterocycles. The molecule has 0 bridgehead atoms. The Labute approximate surface area is 277 Å². The molecule has 0 aliphatic carbocycles. The van der Waals surface area contributed by atoms with E-state index < -0.39 is 0 Å². The lowest BCUT2D eigenvalue weighted by Crippen LogP contribution is -2.18. The number of carbonyl (C=O) groups is 2. The number of Topliss-reactive ketones (excluding diaryl/α,β-unsaturated/α-hetero) is 1. The molecule has 0 aliphatic heterocycles. The highest BCUT2D eigenvalue weighted by atomic mass is 16.5. The SMILES string of the molecule is CCCCCCCCCCCCC(CCCCCCCCCCCC)OC(=O)CCCCCCCC(=O)CCCCCCC. The molecule has 0 aromatic heterocycles. The Balaban J connectivity index is 4.08. The Hall–Kier alpha value is -0.860. The second-order valence-corrected chi connectivity index (χ2v) is 14.0. The van der Waals surface area contributed by atoms with Crippen LogP contribution in [0.2, 0.25) is 0 Å². The molecule has 0 spiro atoms. The van der Waals surface area contributed by atoms with Gasteiger partial charge in [0.25, 0.3) is 0 Å². The smallest absolute Gasteiger partial charge is 0.306 e. The van der Waals surface area contributed by atoms with Crippen molar-refractivity contribution in [2.24, 2.45) is 0 Å². The van der Waals surface area contributed by atoms with Gasteiger partial charge in [0.05, 0.1) is 0 Å². The van der Waals surface area contributed by atoms with Crippen molar-refractivity contribution in [3.8, 4) is 0 Å². The fraction of sp³-hybridized carbons (Fsp3) is 0.951. The van der Waals surface area contributed by atoms with E-state index in [-0.39, 0.29) is 12.1 Å². The third kappa shape index (κ3) is 34.0. The highest BCUT2D eigenvalue weighted by Gasteiger charge is 2.14. The minimum atomic E-state index is 0.0207. The summed E-state index contributed by atoms with van der Waals surface area (Å²) in [5, 5.41) is 0. The summed E-state index contributed by atoms with van der Waals surface area (Å²) in [5.74, 6) is 0.466. The maximum atomic E-state index is 12.7. The van der Waals surface area contributed by atoms with Crippen molar-refractivity contribution in [1.29, 1.82) is 0 Å². The van der Waals surface area contributed by atoms with E-state index in [1.54, 1.807) is 0 Å². The fourth-order valence-corrected chi connectivity index (χ4v) is 6.40. The molecule has 0 fully saturated rings. The van der Waals surface area contributed by atoms with Crippen molar-refractivity contribution in [2.75, 3.05) is 0 Å². The molecule has 0 saturated carbocycles. The number of ether oxygens (including phenoxy) is 1. The first-order valence-corrected chi connectivity index (χ1v) is 20.3. The van der Waals surface area contributed by atoms with Gasteiger partial charge in [0, 0.05) is 19.3 Å². The van der Waals surface area contributed by atoms with Crippen LogP contribution in [-0.2, 0) is 14.3 Å². The first kappa shape index (κ1) is 43.1. The Morgan fingerprint density at radius 2 is 0.636 bits per heavy atom. The lowest BCUT2D eigenvalue weighted by atomic mass is 10.0. The zero-order valence-corrected chi connectivity index (χ0v) is 30.6. The van der Waals surface area contributed by atoms with Gasteiger partial charge in [0.2, 0.25) is 0 Å². The Morgan fingerprint density at radius 3 is 0.977 bits per heavy atom. The van der Waals surface area contributed by atoms with Gasteiger partial charge in [0.1, 0.15) is 11.9 Å². The van der Waals surface area contributed by atoms with Crippen LogP contribution in [0.1, 0.15) is 245 Å². The number of rotatable bonds is 37. The van der Waals surface area contributed by atoms with Gasteiger partial charge < -0.3 is 4.74 Å². The van der Waals surface area contributed by atoms with Gasteiger partial charge in [0.15, 0.2) is 0 Å². The summed E-state index contributed by atoms with van der Waals surface area (Å²) in [4.78, 5) is 24.8. The molecule has 0 heterocycles. The summed E-state index contributed by atoms with van der Waals surface area (Å²) < 4.78 is 6.05. The molecule has 0 amide bonds. The third-order valence-electron chi connectivity index (χ3n) is 9.45. The molecule has 0 atom stereocenters. The van der Waals surface area contributed by atoms with E-state index in [0.717, 1.165) is 64.2 Å². The van der Waals surface area contributed by atoms with E-state index in [9.17, 15) is 9.59 Å². The first-order valence-electron chi connectivity index (χ1n) is 20.3. The van der Waals surface area contributed by atoms with Gasteiger partial charge in [-0.3, -0.25) is 9.59 Å². The summed E-state index contributed by atoms with van der Waals surface area (Å²) in [6.45, 7) is 6.79. The number of hydrogen-bond acceptors (Lipinski definition) is 3. The van der Waals surface area contributed by atoms with Crippen LogP contribution in [0.3, 0.4) is 0 Å². The van der Waals surface area contributed by atoms with Crippen molar-refractivity contribution in [3.05, 3.63) is 0 Å². The van der Waals surface area contributed by atoms with Crippen molar-refractivity contribution in [3.63, 3.8) is 0 Å². The minimum absolute atomic E-state index is 0.0207. The van der Waals surface area contributed by atoms with E-state index in [2.05, 4.69) is 20.8 Å². The van der Waals surface area contributed by atoms with E-state index in [0.29, 0.717) is 12.2 Å². The molecule has 0 N–H and O–H groups in total. The largest absolute Gasteiger partial charge is 0.462 e. The molecule has 0 unspecified atom stereocenters. The molecule has 0 aliphatic rings. The van der Waals surface area contributed by atoms with Crippen molar-refractivity contribution in [1.82, 2.24) is 0 Å². The number of esters is 1. The Morgan fingerprint density at radius 1 is 0.364 bits per heavy atom. The second kappa shape index (κ2) is 36.6. The molecular weight excluding hydrogens is 540 g/mol. The predicted molar refractivity (Wildman–Crippen MR) is 194 cm³/mol. The van der Waals surface area contributed by atoms with Gasteiger partial charge in [-0.05, 0) is 44.9 Å². The van der Waals surface area contributed by atoms with Crippen molar-refractivity contribution >= 4 is 11.8 Å². The first-order chi connectivity index (χ1) is 21.6. The number of ketones is 1. The van der Waals surface area contributed by atoms with Crippen LogP contribution in [0.15, 0.2) is 0 Å². The highest BCUT2D eigenvalue weighted by molar-refractivity contribution is 5.78. The molecule has 0 radical (unpaired) electrons. The summed E-state index contributed by atoms with van der Waals surface area (Å²) in [7, 11) is 0. The Bertz CT molecular complexity index is 562. The number of unbranched alkanes of at least 4 members (excludes halogenated alkanes) is 26. The number of hydrogen-bond donors (Lipinski definition) is 0. The maximum Gasteiger partial charge on any atom is 0.306 e. The standard InChI is InChI=1S/C41H80O3/c1-4-7-10-13-15-17-19-21-26-31-36-40(37-32-27-22-20-18-16-14-11-8-5-2)44-41(43)38-33-28-23-25-30-35-39(42)34-29-24-12-9-6-3/h40H,4-38H2,1-3H3. The highest BCUT2D eigenvalue weighted by Crippen LogP contribution is 2.19. The molecule has 3 nitrogen and oxygen atoms in total. The van der Waals surface area contributed by atoms with Crippen LogP contribution in [-0.4, -0.2) is 17.9 Å². The second-order valence-electron chi connectivity index (χ2n) is 14.0. The third-order valence-corrected chi connectivity index (χ3v) is 9.45. The topological polar surface area (TPSA) is 43.4 Å². The minimum Gasteiger partial charge on any atom is -0.462 e. The lowest BCUT2D eigenvalue weighted by molar-refractivity contribution is -0.150. The van der Waals surface area contributed by atoms with Crippen LogP contribution >= 0.6 is 0 Å². The van der Waals surface area contributed by atoms with Crippen LogP contribution in [0, 0.1) is 0 Å². The monoisotopic (exact) mass is 621 g/mol. The van der Waals surface area contributed by atoms with Crippen molar-refractivity contribution < 1.29 is 14.3 Å². The lowest BCUT2D eigenvalue weighted by Gasteiger charge is -2.18. The van der Waals surface area contributed by atoms with Crippen molar-refractivity contribution in [2.45, 2.75) is 252 Å². The average Bonchev–Trinajstić information content (AvgIpc) is 3.02. The normalized spacial score (nSPS) is 11.5. The van der Waals surface area contributed by atoms with E-state index in [4.69, 9.17) is 4.74 Å². The van der Waals surface area contributed by atoms with Crippen LogP contribution < -0.4 is 0 Å². The zero-order chi connectivity index (χ0) is 32.2. The van der Waals surface area contributed by atoms with Gasteiger partial charge in [-0.25, -0.2) is 0 Å². The van der Waals surface area contributed by atoms with E-state index in [1.165, 1.54) is 154 Å². The quantitative estimate of drug-likeness (QED) is 0.0512. The van der Waals surface area contributed by atoms with Gasteiger partial charge >= 0.3 is 5.97 Å². The average molecular weight is 621 g/mol. The van der Waals surface area contributed by atoms with E-state index >= 15 is 0 Å². The summed E-state index contributed by atoms with van der Waals surface area (Å²) in [6.07, 6.45) is 42.6. The summed E-state index contributed by atoms with van der Waals surface area (Å²) in [5.41, 5.74) is 0. The molecule has 0 aromatic carbocycles.